The molecule has 1 heterocycles. The Morgan fingerprint density at radius 2 is 1.46 bits per heavy atom. The predicted octanol–water partition coefficient (Wildman–Crippen LogP) is 5.41. The fraction of sp³-hybridized carbons (Fsp3) is 0.789. The molecule has 0 bridgehead atoms. The molecule has 0 unspecified atom stereocenters. The van der Waals surface area contributed by atoms with Gasteiger partial charge in [-0.3, -0.25) is 0 Å². The molecule has 0 saturated heterocycles. The highest BCUT2D eigenvalue weighted by Crippen LogP contribution is 2.23. The second-order valence-electron chi connectivity index (χ2n) is 6.44. The molecule has 0 aliphatic carbocycles. The molecule has 0 radical (unpaired) electrons. The van der Waals surface area contributed by atoms with Crippen LogP contribution in [0.15, 0.2) is 4.52 Å². The average Bonchev–Trinajstić information content (AvgIpc) is 2.96. The SMILES string of the molecule is CCCCCCCCCCCCCCc1onc(O)c1C(=O)OC. The molecule has 5 nitrogen and oxygen atoms in total. The molecule has 0 amide bonds. The van der Waals surface area contributed by atoms with Gasteiger partial charge in [0.15, 0.2) is 11.3 Å². The molecule has 1 aromatic rings. The molecular weight excluding hydrogens is 306 g/mol. The lowest BCUT2D eigenvalue weighted by Crippen LogP contribution is -2.03. The summed E-state index contributed by atoms with van der Waals surface area (Å²) in [6.07, 6.45) is 16.0. The minimum absolute atomic E-state index is 0.0700. The van der Waals surface area contributed by atoms with Gasteiger partial charge in [-0.05, 0) is 11.6 Å². The van der Waals surface area contributed by atoms with Crippen LogP contribution < -0.4 is 0 Å². The summed E-state index contributed by atoms with van der Waals surface area (Å²) >= 11 is 0. The molecule has 0 atom stereocenters. The quantitative estimate of drug-likeness (QED) is 0.362. The van der Waals surface area contributed by atoms with Crippen molar-refractivity contribution in [2.24, 2.45) is 0 Å². The summed E-state index contributed by atoms with van der Waals surface area (Å²) in [5.74, 6) is -0.551. The average molecular weight is 339 g/mol. The van der Waals surface area contributed by atoms with Gasteiger partial charge in [-0.15, -0.1) is 0 Å². The standard InChI is InChI=1S/C19H33NO4/c1-3-4-5-6-7-8-9-10-11-12-13-14-15-16-17(19(22)23-2)18(21)20-24-16/h3-15H2,1-2H3,(H,20,21). The van der Waals surface area contributed by atoms with Gasteiger partial charge in [-0.1, -0.05) is 77.6 Å². The number of aromatic hydroxyl groups is 1. The third-order valence-electron chi connectivity index (χ3n) is 4.39. The summed E-state index contributed by atoms with van der Waals surface area (Å²) in [4.78, 5) is 11.6. The Hall–Kier alpha value is -1.52. The van der Waals surface area contributed by atoms with E-state index in [1.165, 1.54) is 71.3 Å². The van der Waals surface area contributed by atoms with Gasteiger partial charge in [0.1, 0.15) is 0 Å². The van der Waals surface area contributed by atoms with Crippen LogP contribution in [0.2, 0.25) is 0 Å². The number of hydrogen-bond acceptors (Lipinski definition) is 5. The van der Waals surface area contributed by atoms with E-state index < -0.39 is 5.97 Å². The highest BCUT2D eigenvalue weighted by molar-refractivity contribution is 5.92. The normalized spacial score (nSPS) is 10.9. The van der Waals surface area contributed by atoms with Crippen molar-refractivity contribution in [1.29, 1.82) is 0 Å². The van der Waals surface area contributed by atoms with Crippen molar-refractivity contribution in [2.45, 2.75) is 90.4 Å². The summed E-state index contributed by atoms with van der Waals surface area (Å²) in [6.45, 7) is 2.25. The van der Waals surface area contributed by atoms with Gasteiger partial charge in [0.05, 0.1) is 7.11 Å². The number of carbonyl (C=O) groups excluding carboxylic acids is 1. The summed E-state index contributed by atoms with van der Waals surface area (Å²) in [5, 5.41) is 13.0. The first-order valence-electron chi connectivity index (χ1n) is 9.46. The van der Waals surface area contributed by atoms with Crippen LogP contribution in [0.4, 0.5) is 0 Å². The van der Waals surface area contributed by atoms with Crippen LogP contribution in [0.3, 0.4) is 0 Å². The lowest BCUT2D eigenvalue weighted by molar-refractivity contribution is 0.0595. The zero-order valence-electron chi connectivity index (χ0n) is 15.3. The Balaban J connectivity index is 2.02. The van der Waals surface area contributed by atoms with E-state index in [0.29, 0.717) is 12.2 Å². The van der Waals surface area contributed by atoms with Crippen LogP contribution >= 0.6 is 0 Å². The maximum atomic E-state index is 11.6. The first-order chi connectivity index (χ1) is 11.7. The van der Waals surface area contributed by atoms with Gasteiger partial charge in [0.2, 0.25) is 0 Å². The van der Waals surface area contributed by atoms with E-state index in [-0.39, 0.29) is 11.4 Å². The maximum Gasteiger partial charge on any atom is 0.347 e. The topological polar surface area (TPSA) is 72.6 Å². The van der Waals surface area contributed by atoms with Crippen LogP contribution in [0.1, 0.15) is 100 Å². The number of aromatic nitrogens is 1. The third kappa shape index (κ3) is 7.84. The molecule has 0 spiro atoms. The number of nitrogens with zero attached hydrogens (tertiary/aromatic N) is 1. The Morgan fingerprint density at radius 1 is 0.958 bits per heavy atom. The smallest absolute Gasteiger partial charge is 0.347 e. The number of unbranched alkanes of at least 4 members (excludes halogenated alkanes) is 11. The Bertz CT molecular complexity index is 456. The Kier molecular flexibility index (Phi) is 11.0. The van der Waals surface area contributed by atoms with E-state index in [2.05, 4.69) is 16.8 Å². The summed E-state index contributed by atoms with van der Waals surface area (Å²) in [7, 11) is 1.28. The third-order valence-corrected chi connectivity index (χ3v) is 4.39. The van der Waals surface area contributed by atoms with E-state index in [9.17, 15) is 9.90 Å². The number of methoxy groups -OCH3 is 1. The predicted molar refractivity (Wildman–Crippen MR) is 94.3 cm³/mol. The molecular formula is C19H33NO4. The lowest BCUT2D eigenvalue weighted by Gasteiger charge is -2.03. The Labute approximate surface area is 145 Å². The largest absolute Gasteiger partial charge is 0.490 e. The van der Waals surface area contributed by atoms with Crippen molar-refractivity contribution in [3.8, 4) is 5.88 Å². The van der Waals surface area contributed by atoms with Crippen molar-refractivity contribution in [2.75, 3.05) is 7.11 Å². The first-order valence-corrected chi connectivity index (χ1v) is 9.46. The van der Waals surface area contributed by atoms with E-state index in [1.54, 1.807) is 0 Å². The number of esters is 1. The maximum absolute atomic E-state index is 11.6. The fourth-order valence-electron chi connectivity index (χ4n) is 2.92. The molecule has 5 heteroatoms. The van der Waals surface area contributed by atoms with Crippen molar-refractivity contribution >= 4 is 5.97 Å². The van der Waals surface area contributed by atoms with Crippen molar-refractivity contribution in [1.82, 2.24) is 5.16 Å². The van der Waals surface area contributed by atoms with Crippen LogP contribution in [0.25, 0.3) is 0 Å². The second-order valence-corrected chi connectivity index (χ2v) is 6.44. The van der Waals surface area contributed by atoms with Gasteiger partial charge in [0.25, 0.3) is 5.88 Å². The molecule has 1 rings (SSSR count). The molecule has 1 aromatic heterocycles. The molecule has 0 aromatic carbocycles. The van der Waals surface area contributed by atoms with Crippen LogP contribution in [0, 0.1) is 0 Å². The van der Waals surface area contributed by atoms with Gasteiger partial charge in [-0.2, -0.15) is 0 Å². The lowest BCUT2D eigenvalue weighted by atomic mass is 10.0. The van der Waals surface area contributed by atoms with Crippen molar-refractivity contribution in [3.05, 3.63) is 11.3 Å². The fourth-order valence-corrected chi connectivity index (χ4v) is 2.92. The zero-order valence-corrected chi connectivity index (χ0v) is 15.3. The minimum atomic E-state index is -0.595. The number of aryl methyl sites for hydroxylation is 1. The van der Waals surface area contributed by atoms with Gasteiger partial charge in [0, 0.05) is 6.42 Å². The number of ether oxygens (including phenoxy) is 1. The van der Waals surface area contributed by atoms with Crippen molar-refractivity contribution < 1.29 is 19.2 Å². The molecule has 0 saturated carbocycles. The highest BCUT2D eigenvalue weighted by Gasteiger charge is 2.22. The van der Waals surface area contributed by atoms with E-state index in [4.69, 9.17) is 4.52 Å². The van der Waals surface area contributed by atoms with Gasteiger partial charge in [-0.25, -0.2) is 4.79 Å². The van der Waals surface area contributed by atoms with Crippen LogP contribution in [-0.4, -0.2) is 23.3 Å². The molecule has 0 aliphatic heterocycles. The minimum Gasteiger partial charge on any atom is -0.490 e. The zero-order chi connectivity index (χ0) is 17.6. The van der Waals surface area contributed by atoms with E-state index >= 15 is 0 Å². The Morgan fingerprint density at radius 3 is 1.96 bits per heavy atom. The van der Waals surface area contributed by atoms with Crippen LogP contribution in [0.5, 0.6) is 5.88 Å². The number of carbonyl (C=O) groups is 1. The van der Waals surface area contributed by atoms with Gasteiger partial charge < -0.3 is 14.4 Å². The molecule has 1 N–H and O–H groups in total. The van der Waals surface area contributed by atoms with Gasteiger partial charge >= 0.3 is 5.97 Å². The molecule has 24 heavy (non-hydrogen) atoms. The first kappa shape index (κ1) is 20.5. The number of hydrogen-bond donors (Lipinski definition) is 1. The van der Waals surface area contributed by atoms with Crippen molar-refractivity contribution in [3.63, 3.8) is 0 Å². The molecule has 0 aliphatic rings. The van der Waals surface area contributed by atoms with E-state index in [1.807, 2.05) is 0 Å². The monoisotopic (exact) mass is 339 g/mol. The van der Waals surface area contributed by atoms with E-state index in [0.717, 1.165) is 12.8 Å². The number of rotatable bonds is 14. The summed E-state index contributed by atoms with van der Waals surface area (Å²) < 4.78 is 9.65. The molecule has 138 valence electrons. The molecule has 0 fully saturated rings. The summed E-state index contributed by atoms with van der Waals surface area (Å²) in [5.41, 5.74) is 0.0700. The second kappa shape index (κ2) is 12.8. The highest BCUT2D eigenvalue weighted by atomic mass is 16.5. The summed E-state index contributed by atoms with van der Waals surface area (Å²) in [6, 6.07) is 0. The van der Waals surface area contributed by atoms with Crippen LogP contribution in [-0.2, 0) is 11.2 Å².